The largest absolute Gasteiger partial charge is 0.542 e. The van der Waals surface area contributed by atoms with E-state index in [4.69, 9.17) is 14.6 Å². The molecule has 0 bridgehead atoms. The first-order chi connectivity index (χ1) is 20.4. The van der Waals surface area contributed by atoms with Gasteiger partial charge in [0.15, 0.2) is 5.69 Å². The van der Waals surface area contributed by atoms with Gasteiger partial charge in [-0.2, -0.15) is 13.2 Å². The lowest BCUT2D eigenvalue weighted by Crippen LogP contribution is -2.37. The van der Waals surface area contributed by atoms with Gasteiger partial charge in [0.1, 0.15) is 29.7 Å². The number of unbranched alkanes of at least 4 members (excludes halogenated alkanes) is 2. The van der Waals surface area contributed by atoms with Crippen LogP contribution in [0.15, 0.2) is 54.7 Å². The third-order valence-corrected chi connectivity index (χ3v) is 6.76. The molecular formula is C30H33F3N4O6. The highest BCUT2D eigenvalue weighted by Crippen LogP contribution is 2.37. The SMILES string of the molecule is COc1ccc2c(c1)NC(=O)C2CC(=O)N[C@@H](CCCCCC(C)=O)c1[nH]c(-c2ccccc2)c[nH+]1.O=C([O-])C(F)(F)F. The van der Waals surface area contributed by atoms with Gasteiger partial charge < -0.3 is 30.1 Å². The molecule has 4 N–H and O–H groups in total. The summed E-state index contributed by atoms with van der Waals surface area (Å²) in [5.74, 6) is -2.29. The standard InChI is InChI=1S/C28H32N4O4.C2HF3O2/c1-18(33)9-5-3-8-12-23(27-29-17-25(31-27)19-10-6-4-7-11-19)30-26(34)16-22-21-14-13-20(36-2)15-24(21)32-28(22)35;3-2(4,5)1(6)7/h4,6-7,10-11,13-15,17,22-23H,3,5,8-9,12,16H2,1-2H3,(H,29,31)(H,30,34)(H,32,35);(H,6,7)/t22?,23-;/m0./s1. The van der Waals surface area contributed by atoms with Crippen LogP contribution in [0.5, 0.6) is 5.75 Å². The van der Waals surface area contributed by atoms with E-state index in [0.717, 1.165) is 41.9 Å². The number of carboxylic acids is 1. The Labute approximate surface area is 246 Å². The smallest absolute Gasteiger partial charge is 0.430 e. The number of carbonyl (C=O) groups excluding carboxylic acids is 4. The predicted molar refractivity (Wildman–Crippen MR) is 147 cm³/mol. The minimum atomic E-state index is -5.19. The Morgan fingerprint density at radius 3 is 2.42 bits per heavy atom. The number of carboxylic acid groups (broad SMARTS) is 1. The molecule has 1 aromatic heterocycles. The van der Waals surface area contributed by atoms with E-state index in [9.17, 15) is 27.6 Å². The van der Waals surface area contributed by atoms with Crippen LogP contribution in [0.25, 0.3) is 11.3 Å². The number of alkyl halides is 3. The number of carbonyl (C=O) groups is 4. The number of aliphatic carboxylic acids is 1. The Hall–Kier alpha value is -4.68. The van der Waals surface area contributed by atoms with Crippen molar-refractivity contribution in [3.05, 3.63) is 66.1 Å². The molecule has 0 saturated carbocycles. The van der Waals surface area contributed by atoms with Crippen molar-refractivity contribution in [2.24, 2.45) is 0 Å². The van der Waals surface area contributed by atoms with Gasteiger partial charge in [0.25, 0.3) is 5.82 Å². The van der Waals surface area contributed by atoms with Crippen molar-refractivity contribution in [3.8, 4) is 17.0 Å². The number of nitrogens with one attached hydrogen (secondary N) is 4. The second-order valence-electron chi connectivity index (χ2n) is 10.0. The molecule has 230 valence electrons. The number of halogens is 3. The van der Waals surface area contributed by atoms with Gasteiger partial charge in [-0.15, -0.1) is 0 Å². The van der Waals surface area contributed by atoms with E-state index in [-0.39, 0.29) is 30.1 Å². The summed E-state index contributed by atoms with van der Waals surface area (Å²) in [4.78, 5) is 52.5. The molecule has 1 unspecified atom stereocenters. The van der Waals surface area contributed by atoms with Crippen molar-refractivity contribution in [2.75, 3.05) is 12.4 Å². The Balaban J connectivity index is 0.000000646. The highest BCUT2D eigenvalue weighted by atomic mass is 19.4. The quantitative estimate of drug-likeness (QED) is 0.269. The minimum absolute atomic E-state index is 0.0538. The number of anilines is 1. The molecule has 2 atom stereocenters. The van der Waals surface area contributed by atoms with Gasteiger partial charge in [-0.3, -0.25) is 9.59 Å². The van der Waals surface area contributed by atoms with Gasteiger partial charge in [-0.25, -0.2) is 9.97 Å². The molecule has 43 heavy (non-hydrogen) atoms. The van der Waals surface area contributed by atoms with Crippen LogP contribution in [0.2, 0.25) is 0 Å². The lowest BCUT2D eigenvalue weighted by atomic mass is 9.96. The molecule has 13 heteroatoms. The summed E-state index contributed by atoms with van der Waals surface area (Å²) in [6.07, 6.45) is 0.634. The molecule has 0 aliphatic carbocycles. The van der Waals surface area contributed by atoms with Gasteiger partial charge in [0.2, 0.25) is 11.8 Å². The lowest BCUT2D eigenvalue weighted by Gasteiger charge is -2.16. The average molecular weight is 603 g/mol. The fourth-order valence-electron chi connectivity index (χ4n) is 4.59. The topological polar surface area (TPSA) is 155 Å². The number of imidazole rings is 1. The number of methoxy groups -OCH3 is 1. The molecule has 3 aromatic rings. The van der Waals surface area contributed by atoms with Crippen LogP contribution >= 0.6 is 0 Å². The molecule has 4 rings (SSSR count). The molecule has 0 spiro atoms. The van der Waals surface area contributed by atoms with Crippen LogP contribution in [-0.2, 0) is 19.2 Å². The fourth-order valence-corrected chi connectivity index (χ4v) is 4.59. The summed E-state index contributed by atoms with van der Waals surface area (Å²) < 4.78 is 36.8. The molecule has 1 aliphatic rings. The summed E-state index contributed by atoms with van der Waals surface area (Å²) in [7, 11) is 1.57. The molecule has 0 radical (unpaired) electrons. The highest BCUT2D eigenvalue weighted by Gasteiger charge is 2.34. The summed E-state index contributed by atoms with van der Waals surface area (Å²) in [6.45, 7) is 1.61. The van der Waals surface area contributed by atoms with Crippen molar-refractivity contribution in [2.45, 2.75) is 63.6 Å². The van der Waals surface area contributed by atoms with E-state index < -0.39 is 18.1 Å². The summed E-state index contributed by atoms with van der Waals surface area (Å²) in [5, 5.41) is 14.8. The van der Waals surface area contributed by atoms with Crippen molar-refractivity contribution in [3.63, 3.8) is 0 Å². The number of hydrogen-bond acceptors (Lipinski definition) is 6. The second-order valence-corrected chi connectivity index (χ2v) is 10.0. The van der Waals surface area contributed by atoms with Crippen molar-refractivity contribution in [1.82, 2.24) is 10.3 Å². The van der Waals surface area contributed by atoms with Crippen LogP contribution in [-0.4, -0.2) is 41.8 Å². The predicted octanol–water partition coefficient (Wildman–Crippen LogP) is 3.63. The van der Waals surface area contributed by atoms with E-state index in [1.165, 1.54) is 0 Å². The number of aromatic amines is 2. The number of ether oxygens (including phenoxy) is 1. The number of fused-ring (bicyclic) bond motifs is 1. The van der Waals surface area contributed by atoms with Crippen molar-refractivity contribution < 1.29 is 47.2 Å². The van der Waals surface area contributed by atoms with E-state index in [1.54, 1.807) is 26.2 Å². The molecule has 0 saturated heterocycles. The zero-order chi connectivity index (χ0) is 31.6. The van der Waals surface area contributed by atoms with Gasteiger partial charge in [-0.05, 0) is 31.4 Å². The molecule has 2 heterocycles. The van der Waals surface area contributed by atoms with Gasteiger partial charge in [0.05, 0.1) is 13.0 Å². The second kappa shape index (κ2) is 15.0. The third kappa shape index (κ3) is 9.69. The number of aromatic nitrogens is 2. The first-order valence-corrected chi connectivity index (χ1v) is 13.6. The highest BCUT2D eigenvalue weighted by molar-refractivity contribution is 6.05. The van der Waals surface area contributed by atoms with Crippen LogP contribution in [0.3, 0.4) is 0 Å². The maximum absolute atomic E-state index is 13.1. The maximum atomic E-state index is 13.1. The third-order valence-electron chi connectivity index (χ3n) is 6.76. The number of benzene rings is 2. The van der Waals surface area contributed by atoms with Gasteiger partial charge >= 0.3 is 6.18 Å². The van der Waals surface area contributed by atoms with E-state index in [2.05, 4.69) is 20.6 Å². The van der Waals surface area contributed by atoms with Crippen molar-refractivity contribution in [1.29, 1.82) is 0 Å². The zero-order valence-electron chi connectivity index (χ0n) is 23.7. The van der Waals surface area contributed by atoms with Crippen LogP contribution in [0.4, 0.5) is 18.9 Å². The van der Waals surface area contributed by atoms with E-state index >= 15 is 0 Å². The normalized spacial score (nSPS) is 14.5. The van der Waals surface area contributed by atoms with Crippen LogP contribution in [0, 0.1) is 0 Å². The minimum Gasteiger partial charge on any atom is -0.542 e. The number of H-pyrrole nitrogens is 2. The van der Waals surface area contributed by atoms with Crippen LogP contribution in [0.1, 0.15) is 68.8 Å². The molecule has 1 aliphatic heterocycles. The first-order valence-electron chi connectivity index (χ1n) is 13.6. The molecule has 10 nitrogen and oxygen atoms in total. The Kier molecular flexibility index (Phi) is 11.4. The van der Waals surface area contributed by atoms with Gasteiger partial charge in [-0.1, -0.05) is 49.2 Å². The Morgan fingerprint density at radius 2 is 1.79 bits per heavy atom. The number of Topliss-reactive ketones (excluding diaryl/α,β-unsaturated/α-hetero) is 1. The Bertz CT molecular complexity index is 1420. The number of rotatable bonds is 12. The van der Waals surface area contributed by atoms with Gasteiger partial charge in [0, 0.05) is 30.2 Å². The maximum Gasteiger partial charge on any atom is 0.430 e. The molecule has 0 fully saturated rings. The molecule has 2 amide bonds. The molecule has 2 aromatic carbocycles. The van der Waals surface area contributed by atoms with Crippen LogP contribution < -0.4 is 25.5 Å². The Morgan fingerprint density at radius 1 is 1.09 bits per heavy atom. The summed E-state index contributed by atoms with van der Waals surface area (Å²) in [5.41, 5.74) is 3.46. The van der Waals surface area contributed by atoms with E-state index in [1.807, 2.05) is 42.6 Å². The monoisotopic (exact) mass is 602 g/mol. The average Bonchev–Trinajstić information content (AvgIpc) is 3.57. The first kappa shape index (κ1) is 32.8. The summed E-state index contributed by atoms with van der Waals surface area (Å²) >= 11 is 0. The summed E-state index contributed by atoms with van der Waals surface area (Å²) in [6, 6.07) is 15.1. The lowest BCUT2D eigenvalue weighted by molar-refractivity contribution is -0.391. The fraction of sp³-hybridized carbons (Fsp3) is 0.367. The number of ketones is 1. The number of amides is 2. The zero-order valence-corrected chi connectivity index (χ0v) is 23.7. The van der Waals surface area contributed by atoms with Crippen molar-refractivity contribution >= 4 is 29.3 Å². The molecular weight excluding hydrogens is 569 g/mol. The van der Waals surface area contributed by atoms with E-state index in [0.29, 0.717) is 24.3 Å². The number of hydrogen-bond donors (Lipinski definition) is 3.